The van der Waals surface area contributed by atoms with Gasteiger partial charge < -0.3 is 10.2 Å². The minimum absolute atomic E-state index is 0.00650. The van der Waals surface area contributed by atoms with Gasteiger partial charge in [0.15, 0.2) is 0 Å². The lowest BCUT2D eigenvalue weighted by Gasteiger charge is -2.34. The number of rotatable bonds is 5. The maximum atomic E-state index is 12.3. The largest absolute Gasteiger partial charge is 0.348 e. The minimum atomic E-state index is -0.128. The fourth-order valence-electron chi connectivity index (χ4n) is 2.92. The molecule has 1 atom stereocenters. The molecule has 8 heteroatoms. The summed E-state index contributed by atoms with van der Waals surface area (Å²) < 4.78 is 0. The van der Waals surface area contributed by atoms with Crippen LogP contribution in [0.25, 0.3) is 0 Å². The molecule has 1 saturated heterocycles. The Hall–Kier alpha value is -1.89. The molecule has 1 N–H and O–H groups in total. The second-order valence-electron chi connectivity index (χ2n) is 6.27. The molecule has 1 aromatic heterocycles. The molecule has 0 spiro atoms. The predicted octanol–water partition coefficient (Wildman–Crippen LogP) is 2.78. The van der Waals surface area contributed by atoms with Crippen LogP contribution in [0.3, 0.4) is 0 Å². The van der Waals surface area contributed by atoms with Gasteiger partial charge in [0.05, 0.1) is 22.6 Å². The van der Waals surface area contributed by atoms with E-state index in [0.717, 1.165) is 37.7 Å². The van der Waals surface area contributed by atoms with Crippen LogP contribution in [0.4, 0.5) is 5.95 Å². The van der Waals surface area contributed by atoms with E-state index in [1.54, 1.807) is 30.6 Å². The lowest BCUT2D eigenvalue weighted by atomic mass is 10.1. The first kappa shape index (κ1) is 18.9. The molecule has 1 aliphatic heterocycles. The van der Waals surface area contributed by atoms with Crippen molar-refractivity contribution in [2.24, 2.45) is 0 Å². The van der Waals surface area contributed by atoms with Gasteiger partial charge in [0.2, 0.25) is 11.9 Å². The predicted molar refractivity (Wildman–Crippen MR) is 104 cm³/mol. The summed E-state index contributed by atoms with van der Waals surface area (Å²) in [7, 11) is 0. The van der Waals surface area contributed by atoms with Crippen LogP contribution in [0, 0.1) is 0 Å². The third kappa shape index (κ3) is 4.84. The van der Waals surface area contributed by atoms with Gasteiger partial charge in [0.25, 0.3) is 0 Å². The molecule has 0 saturated carbocycles. The summed E-state index contributed by atoms with van der Waals surface area (Å²) in [5.74, 6) is 0.734. The van der Waals surface area contributed by atoms with E-state index in [2.05, 4.69) is 25.1 Å². The number of aromatic nitrogens is 2. The molecule has 0 unspecified atom stereocenters. The molecule has 1 amide bonds. The summed E-state index contributed by atoms with van der Waals surface area (Å²) in [6.45, 7) is 5.51. The van der Waals surface area contributed by atoms with Crippen LogP contribution >= 0.6 is 23.2 Å². The van der Waals surface area contributed by atoms with E-state index in [-0.39, 0.29) is 11.9 Å². The number of benzene rings is 1. The number of carbonyl (C=O) groups excluding carboxylic acids is 1. The van der Waals surface area contributed by atoms with E-state index in [1.807, 2.05) is 13.0 Å². The third-order valence-electron chi connectivity index (χ3n) is 4.40. The van der Waals surface area contributed by atoms with Crippen molar-refractivity contribution in [3.63, 3.8) is 0 Å². The number of nitrogens with one attached hydrogen (secondary N) is 1. The Balaban J connectivity index is 1.47. The van der Waals surface area contributed by atoms with E-state index in [0.29, 0.717) is 16.6 Å². The van der Waals surface area contributed by atoms with Gasteiger partial charge in [-0.25, -0.2) is 9.97 Å². The Morgan fingerprint density at radius 3 is 2.50 bits per heavy atom. The Kier molecular flexibility index (Phi) is 6.29. The summed E-state index contributed by atoms with van der Waals surface area (Å²) in [6.07, 6.45) is 3.49. The van der Waals surface area contributed by atoms with Crippen molar-refractivity contribution in [3.8, 4) is 0 Å². The van der Waals surface area contributed by atoms with Crippen LogP contribution in [0.2, 0.25) is 10.0 Å². The first-order valence-corrected chi connectivity index (χ1v) is 9.27. The summed E-state index contributed by atoms with van der Waals surface area (Å²) in [4.78, 5) is 25.2. The molecule has 3 rings (SSSR count). The number of halogens is 2. The highest BCUT2D eigenvalue weighted by molar-refractivity contribution is 6.42. The summed E-state index contributed by atoms with van der Waals surface area (Å²) in [5.41, 5.74) is 0.929. The van der Waals surface area contributed by atoms with Crippen molar-refractivity contribution < 1.29 is 4.79 Å². The number of amides is 1. The van der Waals surface area contributed by atoms with E-state index in [1.165, 1.54) is 0 Å². The molecule has 0 bridgehead atoms. The molecular formula is C18H21Cl2N5O. The van der Waals surface area contributed by atoms with Gasteiger partial charge in [-0.2, -0.15) is 0 Å². The van der Waals surface area contributed by atoms with Gasteiger partial charge in [0.1, 0.15) is 0 Å². The van der Waals surface area contributed by atoms with Gasteiger partial charge in [-0.1, -0.05) is 29.3 Å². The number of piperazine rings is 1. The summed E-state index contributed by atoms with van der Waals surface area (Å²) in [5, 5.41) is 4.01. The second kappa shape index (κ2) is 8.66. The molecular weight excluding hydrogens is 373 g/mol. The molecule has 26 heavy (non-hydrogen) atoms. The van der Waals surface area contributed by atoms with E-state index < -0.39 is 0 Å². The lowest BCUT2D eigenvalue weighted by Crippen LogP contribution is -2.50. The summed E-state index contributed by atoms with van der Waals surface area (Å²) >= 11 is 12.0. The fraction of sp³-hybridized carbons (Fsp3) is 0.389. The highest BCUT2D eigenvalue weighted by atomic mass is 35.5. The lowest BCUT2D eigenvalue weighted by molar-refractivity contribution is -0.123. The quantitative estimate of drug-likeness (QED) is 0.845. The van der Waals surface area contributed by atoms with Crippen molar-refractivity contribution in [3.05, 3.63) is 52.3 Å². The first-order chi connectivity index (χ1) is 12.5. The topological polar surface area (TPSA) is 61.4 Å². The Morgan fingerprint density at radius 1 is 1.15 bits per heavy atom. The Morgan fingerprint density at radius 2 is 1.85 bits per heavy atom. The van der Waals surface area contributed by atoms with Crippen LogP contribution in [-0.2, 0) is 4.79 Å². The summed E-state index contributed by atoms with van der Waals surface area (Å²) in [6, 6.07) is 7.08. The standard InChI is InChI=1S/C18H21Cl2N5O/c1-13(14-3-4-15(19)16(20)11-14)23-17(26)12-24-7-9-25(10-8-24)18-21-5-2-6-22-18/h2-6,11,13H,7-10,12H2,1H3,(H,23,26)/t13-/m0/s1. The van der Waals surface area contributed by atoms with E-state index in [9.17, 15) is 4.79 Å². The van der Waals surface area contributed by atoms with Crippen LogP contribution in [-0.4, -0.2) is 53.5 Å². The number of anilines is 1. The molecule has 2 heterocycles. The normalized spacial score (nSPS) is 16.3. The zero-order chi connectivity index (χ0) is 18.5. The molecule has 2 aromatic rings. The average Bonchev–Trinajstić information content (AvgIpc) is 2.65. The minimum Gasteiger partial charge on any atom is -0.348 e. The van der Waals surface area contributed by atoms with Crippen LogP contribution in [0.5, 0.6) is 0 Å². The highest BCUT2D eigenvalue weighted by Gasteiger charge is 2.21. The van der Waals surface area contributed by atoms with Crippen molar-refractivity contribution >= 4 is 35.1 Å². The van der Waals surface area contributed by atoms with Gasteiger partial charge in [-0.05, 0) is 30.7 Å². The zero-order valence-corrected chi connectivity index (χ0v) is 16.0. The van der Waals surface area contributed by atoms with Gasteiger partial charge in [-0.3, -0.25) is 9.69 Å². The highest BCUT2D eigenvalue weighted by Crippen LogP contribution is 2.25. The molecule has 0 radical (unpaired) electrons. The molecule has 1 aromatic carbocycles. The Bertz CT molecular complexity index is 751. The van der Waals surface area contributed by atoms with Gasteiger partial charge in [-0.15, -0.1) is 0 Å². The molecule has 0 aliphatic carbocycles. The van der Waals surface area contributed by atoms with Gasteiger partial charge >= 0.3 is 0 Å². The molecule has 138 valence electrons. The maximum Gasteiger partial charge on any atom is 0.234 e. The number of carbonyl (C=O) groups is 1. The molecule has 1 fully saturated rings. The van der Waals surface area contributed by atoms with E-state index in [4.69, 9.17) is 23.2 Å². The van der Waals surface area contributed by atoms with E-state index >= 15 is 0 Å². The monoisotopic (exact) mass is 393 g/mol. The van der Waals surface area contributed by atoms with Gasteiger partial charge in [0, 0.05) is 38.6 Å². The first-order valence-electron chi connectivity index (χ1n) is 8.51. The maximum absolute atomic E-state index is 12.3. The average molecular weight is 394 g/mol. The smallest absolute Gasteiger partial charge is 0.234 e. The van der Waals surface area contributed by atoms with Crippen molar-refractivity contribution in [2.75, 3.05) is 37.6 Å². The fourth-order valence-corrected chi connectivity index (χ4v) is 3.22. The second-order valence-corrected chi connectivity index (χ2v) is 7.09. The van der Waals surface area contributed by atoms with Crippen LogP contribution in [0.15, 0.2) is 36.7 Å². The van der Waals surface area contributed by atoms with Crippen LogP contribution < -0.4 is 10.2 Å². The van der Waals surface area contributed by atoms with Crippen molar-refractivity contribution in [1.82, 2.24) is 20.2 Å². The SMILES string of the molecule is C[C@H](NC(=O)CN1CCN(c2ncccn2)CC1)c1ccc(Cl)c(Cl)c1. The zero-order valence-electron chi connectivity index (χ0n) is 14.5. The molecule has 6 nitrogen and oxygen atoms in total. The number of nitrogens with zero attached hydrogens (tertiary/aromatic N) is 4. The molecule has 1 aliphatic rings. The van der Waals surface area contributed by atoms with Crippen LogP contribution in [0.1, 0.15) is 18.5 Å². The third-order valence-corrected chi connectivity index (χ3v) is 5.13. The Labute approximate surface area is 163 Å². The van der Waals surface area contributed by atoms with Crippen molar-refractivity contribution in [2.45, 2.75) is 13.0 Å². The van der Waals surface area contributed by atoms with Crippen molar-refractivity contribution in [1.29, 1.82) is 0 Å². The number of hydrogen-bond donors (Lipinski definition) is 1. The number of hydrogen-bond acceptors (Lipinski definition) is 5.